The Morgan fingerprint density at radius 1 is 1.21 bits per heavy atom. The lowest BCUT2D eigenvalue weighted by Gasteiger charge is -2.15. The van der Waals surface area contributed by atoms with E-state index in [4.69, 9.17) is 0 Å². The first kappa shape index (κ1) is 7.10. The van der Waals surface area contributed by atoms with Crippen LogP contribution in [0.25, 0.3) is 10.9 Å². The van der Waals surface area contributed by atoms with E-state index >= 15 is 0 Å². The van der Waals surface area contributed by atoms with Crippen LogP contribution in [0.3, 0.4) is 0 Å². The van der Waals surface area contributed by atoms with Crippen molar-refractivity contribution in [2.45, 2.75) is 25.2 Å². The molecule has 1 heteroatoms. The lowest BCUT2D eigenvalue weighted by atomic mass is 9.89. The average molecular weight is 183 g/mol. The van der Waals surface area contributed by atoms with E-state index in [0.29, 0.717) is 0 Å². The molecule has 2 unspecified atom stereocenters. The Labute approximate surface area is 83.1 Å². The lowest BCUT2D eigenvalue weighted by molar-refractivity contribution is 0.671. The van der Waals surface area contributed by atoms with Crippen LogP contribution in [0.15, 0.2) is 24.4 Å². The van der Waals surface area contributed by atoms with Crippen molar-refractivity contribution in [3.63, 3.8) is 0 Å². The van der Waals surface area contributed by atoms with E-state index in [9.17, 15) is 0 Å². The number of rotatable bonds is 0. The minimum Gasteiger partial charge on any atom is -0.361 e. The second-order valence-corrected chi connectivity index (χ2v) is 4.71. The molecule has 2 atom stereocenters. The van der Waals surface area contributed by atoms with Gasteiger partial charge in [0.1, 0.15) is 0 Å². The molecule has 0 aliphatic heterocycles. The largest absolute Gasteiger partial charge is 0.361 e. The van der Waals surface area contributed by atoms with Crippen LogP contribution < -0.4 is 0 Å². The number of hydrogen-bond acceptors (Lipinski definition) is 0. The van der Waals surface area contributed by atoms with Crippen LogP contribution in [-0.4, -0.2) is 4.98 Å². The zero-order valence-corrected chi connectivity index (χ0v) is 8.09. The van der Waals surface area contributed by atoms with E-state index in [2.05, 4.69) is 29.4 Å². The highest BCUT2D eigenvalue weighted by molar-refractivity contribution is 5.84. The van der Waals surface area contributed by atoms with Crippen LogP contribution in [0, 0.1) is 5.92 Å². The summed E-state index contributed by atoms with van der Waals surface area (Å²) < 4.78 is 0. The Hall–Kier alpha value is -1.24. The van der Waals surface area contributed by atoms with Crippen molar-refractivity contribution in [1.29, 1.82) is 0 Å². The zero-order valence-electron chi connectivity index (χ0n) is 8.09. The second kappa shape index (κ2) is 2.22. The molecule has 1 aromatic heterocycles. The van der Waals surface area contributed by atoms with Crippen LogP contribution in [0.2, 0.25) is 0 Å². The fourth-order valence-electron chi connectivity index (χ4n) is 3.12. The summed E-state index contributed by atoms with van der Waals surface area (Å²) in [7, 11) is 0. The predicted molar refractivity (Wildman–Crippen MR) is 57.5 cm³/mol. The van der Waals surface area contributed by atoms with Crippen molar-refractivity contribution >= 4 is 10.9 Å². The quantitative estimate of drug-likeness (QED) is 0.645. The first-order valence-electron chi connectivity index (χ1n) is 5.52. The molecule has 1 aromatic carbocycles. The van der Waals surface area contributed by atoms with Gasteiger partial charge in [-0.2, -0.15) is 0 Å². The SMILES string of the molecule is c1cc2c3c(ccc2[nH]1)C1CC1CC3. The predicted octanol–water partition coefficient (Wildman–Crippen LogP) is 3.22. The maximum absolute atomic E-state index is 3.30. The average Bonchev–Trinajstić information content (AvgIpc) is 2.86. The summed E-state index contributed by atoms with van der Waals surface area (Å²) >= 11 is 0. The van der Waals surface area contributed by atoms with Crippen molar-refractivity contribution < 1.29 is 0 Å². The number of nitrogens with one attached hydrogen (secondary N) is 1. The molecule has 4 rings (SSSR count). The molecule has 1 N–H and O–H groups in total. The standard InChI is InChI=1S/C13H13N/c1-2-9-10(12-7-8(1)12)3-4-13-11(9)5-6-14-13/h3-6,8,12,14H,1-2,7H2. The molecule has 2 aromatic rings. The summed E-state index contributed by atoms with van der Waals surface area (Å²) in [6, 6.07) is 6.82. The third kappa shape index (κ3) is 0.759. The molecular weight excluding hydrogens is 170 g/mol. The van der Waals surface area contributed by atoms with Crippen molar-refractivity contribution in [1.82, 2.24) is 4.98 Å². The van der Waals surface area contributed by atoms with E-state index in [1.807, 2.05) is 0 Å². The van der Waals surface area contributed by atoms with E-state index in [0.717, 1.165) is 11.8 Å². The highest BCUT2D eigenvalue weighted by Crippen LogP contribution is 2.55. The molecule has 0 saturated heterocycles. The maximum atomic E-state index is 3.30. The first-order valence-corrected chi connectivity index (χ1v) is 5.52. The summed E-state index contributed by atoms with van der Waals surface area (Å²) in [5.74, 6) is 1.94. The monoisotopic (exact) mass is 183 g/mol. The summed E-state index contributed by atoms with van der Waals surface area (Å²) in [6.07, 6.45) is 6.22. The van der Waals surface area contributed by atoms with Gasteiger partial charge in [0.25, 0.3) is 0 Å². The van der Waals surface area contributed by atoms with Crippen molar-refractivity contribution in [3.8, 4) is 0 Å². The summed E-state index contributed by atoms with van der Waals surface area (Å²) in [6.45, 7) is 0. The number of aromatic amines is 1. The van der Waals surface area contributed by atoms with E-state index in [1.54, 1.807) is 11.1 Å². The van der Waals surface area contributed by atoms with E-state index < -0.39 is 0 Å². The van der Waals surface area contributed by atoms with Gasteiger partial charge in [-0.05, 0) is 54.4 Å². The molecule has 2 aliphatic rings. The Morgan fingerprint density at radius 2 is 2.21 bits per heavy atom. The number of benzene rings is 1. The van der Waals surface area contributed by atoms with Crippen LogP contribution >= 0.6 is 0 Å². The van der Waals surface area contributed by atoms with Crippen molar-refractivity contribution in [3.05, 3.63) is 35.5 Å². The minimum atomic E-state index is 0.915. The van der Waals surface area contributed by atoms with Crippen molar-refractivity contribution in [2.75, 3.05) is 0 Å². The summed E-state index contributed by atoms with van der Waals surface area (Å²) in [5.41, 5.74) is 4.58. The number of aryl methyl sites for hydroxylation is 1. The van der Waals surface area contributed by atoms with Gasteiger partial charge in [0, 0.05) is 17.1 Å². The van der Waals surface area contributed by atoms with Gasteiger partial charge >= 0.3 is 0 Å². The highest BCUT2D eigenvalue weighted by Gasteiger charge is 2.42. The van der Waals surface area contributed by atoms with Crippen LogP contribution in [0.5, 0.6) is 0 Å². The van der Waals surface area contributed by atoms with Gasteiger partial charge in [0.05, 0.1) is 0 Å². The maximum Gasteiger partial charge on any atom is 0.0456 e. The van der Waals surface area contributed by atoms with Crippen LogP contribution in [0.4, 0.5) is 0 Å². The normalized spacial score (nSPS) is 28.6. The lowest BCUT2D eigenvalue weighted by Crippen LogP contribution is -2.01. The molecule has 0 bridgehead atoms. The number of hydrogen-bond donors (Lipinski definition) is 1. The first-order chi connectivity index (χ1) is 6.93. The zero-order chi connectivity index (χ0) is 9.12. The Morgan fingerprint density at radius 3 is 3.21 bits per heavy atom. The topological polar surface area (TPSA) is 15.8 Å². The molecule has 0 radical (unpaired) electrons. The van der Waals surface area contributed by atoms with Gasteiger partial charge in [-0.25, -0.2) is 0 Å². The van der Waals surface area contributed by atoms with Crippen molar-refractivity contribution in [2.24, 2.45) is 5.92 Å². The van der Waals surface area contributed by atoms with Gasteiger partial charge in [-0.3, -0.25) is 0 Å². The third-order valence-corrected chi connectivity index (χ3v) is 3.97. The summed E-state index contributed by atoms with van der Waals surface area (Å²) in [5, 5.41) is 1.47. The van der Waals surface area contributed by atoms with E-state index in [1.165, 1.54) is 30.2 Å². The fraction of sp³-hybridized carbons (Fsp3) is 0.385. The molecule has 0 spiro atoms. The highest BCUT2D eigenvalue weighted by atomic mass is 14.7. The Kier molecular flexibility index (Phi) is 1.13. The molecule has 70 valence electrons. The van der Waals surface area contributed by atoms with Crippen LogP contribution in [-0.2, 0) is 6.42 Å². The number of aromatic nitrogens is 1. The fourth-order valence-corrected chi connectivity index (χ4v) is 3.12. The number of H-pyrrole nitrogens is 1. The van der Waals surface area contributed by atoms with Gasteiger partial charge in [0.15, 0.2) is 0 Å². The molecule has 0 amide bonds. The molecule has 1 saturated carbocycles. The van der Waals surface area contributed by atoms with Gasteiger partial charge in [-0.15, -0.1) is 0 Å². The van der Waals surface area contributed by atoms with Gasteiger partial charge < -0.3 is 4.98 Å². The van der Waals surface area contributed by atoms with Crippen LogP contribution in [0.1, 0.15) is 29.9 Å². The molecule has 1 heterocycles. The van der Waals surface area contributed by atoms with Gasteiger partial charge in [0.2, 0.25) is 0 Å². The smallest absolute Gasteiger partial charge is 0.0456 e. The second-order valence-electron chi connectivity index (χ2n) is 4.71. The Bertz CT molecular complexity index is 509. The minimum absolute atomic E-state index is 0.915. The third-order valence-electron chi connectivity index (χ3n) is 3.97. The molecule has 1 fully saturated rings. The summed E-state index contributed by atoms with van der Waals surface area (Å²) in [4.78, 5) is 3.30. The molecule has 2 aliphatic carbocycles. The molecule has 14 heavy (non-hydrogen) atoms. The molecule has 1 nitrogen and oxygen atoms in total. The Balaban J connectivity index is 2.08. The van der Waals surface area contributed by atoms with E-state index in [-0.39, 0.29) is 0 Å². The number of fused-ring (bicyclic) bond motifs is 5. The van der Waals surface area contributed by atoms with Gasteiger partial charge in [-0.1, -0.05) is 6.07 Å². The molecular formula is C13H13N.